The lowest BCUT2D eigenvalue weighted by Gasteiger charge is -2.22. The van der Waals surface area contributed by atoms with Gasteiger partial charge in [-0.1, -0.05) is 31.4 Å². The molecule has 1 aliphatic carbocycles. The number of hydrogen-bond donors (Lipinski definition) is 3. The van der Waals surface area contributed by atoms with Crippen LogP contribution in [-0.4, -0.2) is 31.9 Å². The summed E-state index contributed by atoms with van der Waals surface area (Å²) in [7, 11) is -3.73. The Labute approximate surface area is 176 Å². The SMILES string of the molecule is O=C(O)CCNC(=O)c1ccc(NS(=O)(=O)c2ccc(C3CCCCC3)cc2)cc1. The fraction of sp³-hybridized carbons (Fsp3) is 0.364. The van der Waals surface area contributed by atoms with Crippen LogP contribution in [0.4, 0.5) is 5.69 Å². The molecule has 2 aromatic rings. The van der Waals surface area contributed by atoms with Gasteiger partial charge in [0.2, 0.25) is 0 Å². The normalized spacial score (nSPS) is 14.8. The first-order valence-electron chi connectivity index (χ1n) is 10.1. The fourth-order valence-electron chi connectivity index (χ4n) is 3.64. The molecule has 0 spiro atoms. The van der Waals surface area contributed by atoms with E-state index in [0.29, 0.717) is 17.2 Å². The first-order valence-corrected chi connectivity index (χ1v) is 11.6. The molecule has 1 aliphatic rings. The van der Waals surface area contributed by atoms with Crippen LogP contribution in [0.2, 0.25) is 0 Å². The number of amides is 1. The van der Waals surface area contributed by atoms with E-state index in [9.17, 15) is 18.0 Å². The van der Waals surface area contributed by atoms with Gasteiger partial charge in [-0.25, -0.2) is 8.42 Å². The molecule has 0 radical (unpaired) electrons. The van der Waals surface area contributed by atoms with Crippen LogP contribution in [0.3, 0.4) is 0 Å². The van der Waals surface area contributed by atoms with Crippen LogP contribution in [0.5, 0.6) is 0 Å². The van der Waals surface area contributed by atoms with Gasteiger partial charge >= 0.3 is 5.97 Å². The Kier molecular flexibility index (Phi) is 7.10. The zero-order valence-electron chi connectivity index (χ0n) is 16.6. The highest BCUT2D eigenvalue weighted by molar-refractivity contribution is 7.92. The Hall–Kier alpha value is -2.87. The summed E-state index contributed by atoms with van der Waals surface area (Å²) in [6.45, 7) is 0.0272. The van der Waals surface area contributed by atoms with E-state index in [0.717, 1.165) is 12.8 Å². The van der Waals surface area contributed by atoms with Crippen LogP contribution in [0.15, 0.2) is 53.4 Å². The van der Waals surface area contributed by atoms with Crippen LogP contribution < -0.4 is 10.0 Å². The predicted octanol–water partition coefficient (Wildman–Crippen LogP) is 3.74. The number of rotatable bonds is 8. The van der Waals surface area contributed by atoms with E-state index in [1.165, 1.54) is 49.1 Å². The van der Waals surface area contributed by atoms with Crippen molar-refractivity contribution in [2.45, 2.75) is 49.3 Å². The fourth-order valence-corrected chi connectivity index (χ4v) is 4.70. The number of nitrogens with one attached hydrogen (secondary N) is 2. The van der Waals surface area contributed by atoms with Crippen molar-refractivity contribution < 1.29 is 23.1 Å². The molecule has 0 aromatic heterocycles. The van der Waals surface area contributed by atoms with Crippen LogP contribution in [-0.2, 0) is 14.8 Å². The van der Waals surface area contributed by atoms with E-state index in [1.54, 1.807) is 12.1 Å². The Balaban J connectivity index is 1.62. The van der Waals surface area contributed by atoms with Gasteiger partial charge in [-0.15, -0.1) is 0 Å². The molecule has 1 amide bonds. The standard InChI is InChI=1S/C22H26N2O5S/c25-21(26)14-15-23-22(27)18-6-10-19(11-7-18)24-30(28,29)20-12-8-17(9-13-20)16-4-2-1-3-5-16/h6-13,16,24H,1-5,14-15H2,(H,23,27)(H,25,26). The molecule has 0 atom stereocenters. The summed E-state index contributed by atoms with van der Waals surface area (Å²) in [5, 5.41) is 11.1. The van der Waals surface area contributed by atoms with Gasteiger partial charge in [0.15, 0.2) is 0 Å². The largest absolute Gasteiger partial charge is 0.481 e. The maximum absolute atomic E-state index is 12.7. The maximum Gasteiger partial charge on any atom is 0.305 e. The third kappa shape index (κ3) is 5.82. The number of sulfonamides is 1. The first-order chi connectivity index (χ1) is 14.3. The van der Waals surface area contributed by atoms with Gasteiger partial charge in [0.1, 0.15) is 0 Å². The molecule has 1 fully saturated rings. The molecule has 3 N–H and O–H groups in total. The molecule has 0 bridgehead atoms. The van der Waals surface area contributed by atoms with Crippen molar-refractivity contribution in [1.29, 1.82) is 0 Å². The predicted molar refractivity (Wildman–Crippen MR) is 114 cm³/mol. The summed E-state index contributed by atoms with van der Waals surface area (Å²) < 4.78 is 27.9. The molecule has 1 saturated carbocycles. The van der Waals surface area contributed by atoms with Crippen molar-refractivity contribution in [2.75, 3.05) is 11.3 Å². The minimum atomic E-state index is -3.73. The van der Waals surface area contributed by atoms with Crippen molar-refractivity contribution in [3.63, 3.8) is 0 Å². The van der Waals surface area contributed by atoms with Gasteiger partial charge < -0.3 is 10.4 Å². The highest BCUT2D eigenvalue weighted by Crippen LogP contribution is 2.33. The molecule has 0 unspecified atom stereocenters. The second-order valence-electron chi connectivity index (χ2n) is 7.49. The van der Waals surface area contributed by atoms with Gasteiger partial charge in [0.25, 0.3) is 15.9 Å². The molecule has 7 nitrogen and oxygen atoms in total. The lowest BCUT2D eigenvalue weighted by molar-refractivity contribution is -0.136. The summed E-state index contributed by atoms with van der Waals surface area (Å²) in [6, 6.07) is 13.0. The topological polar surface area (TPSA) is 113 Å². The number of carbonyl (C=O) groups is 2. The zero-order chi connectivity index (χ0) is 21.6. The van der Waals surface area contributed by atoms with Gasteiger partial charge in [-0.2, -0.15) is 0 Å². The molecule has 0 saturated heterocycles. The third-order valence-electron chi connectivity index (χ3n) is 5.29. The summed E-state index contributed by atoms with van der Waals surface area (Å²) in [5.41, 5.74) is 1.85. The van der Waals surface area contributed by atoms with E-state index in [4.69, 9.17) is 5.11 Å². The number of hydrogen-bond acceptors (Lipinski definition) is 4. The Morgan fingerprint density at radius 1 is 0.933 bits per heavy atom. The second-order valence-corrected chi connectivity index (χ2v) is 9.17. The van der Waals surface area contributed by atoms with Crippen molar-refractivity contribution in [2.24, 2.45) is 0 Å². The smallest absolute Gasteiger partial charge is 0.305 e. The summed E-state index contributed by atoms with van der Waals surface area (Å²) in [6.07, 6.45) is 5.86. The van der Waals surface area contributed by atoms with E-state index in [2.05, 4.69) is 10.0 Å². The van der Waals surface area contributed by atoms with Crippen molar-refractivity contribution >= 4 is 27.6 Å². The molecule has 8 heteroatoms. The summed E-state index contributed by atoms with van der Waals surface area (Å²) >= 11 is 0. The number of carboxylic acid groups (broad SMARTS) is 1. The number of anilines is 1. The zero-order valence-corrected chi connectivity index (χ0v) is 17.5. The lowest BCUT2D eigenvalue weighted by atomic mass is 9.84. The number of carbonyl (C=O) groups excluding carboxylic acids is 1. The Morgan fingerprint density at radius 3 is 2.17 bits per heavy atom. The van der Waals surface area contributed by atoms with Gasteiger partial charge in [-0.05, 0) is 60.7 Å². The second kappa shape index (κ2) is 9.75. The maximum atomic E-state index is 12.7. The number of carboxylic acids is 1. The Bertz CT molecular complexity index is 979. The molecular weight excluding hydrogens is 404 g/mol. The van der Waals surface area contributed by atoms with Crippen LogP contribution >= 0.6 is 0 Å². The van der Waals surface area contributed by atoms with E-state index < -0.39 is 21.9 Å². The average molecular weight is 431 g/mol. The third-order valence-corrected chi connectivity index (χ3v) is 6.69. The minimum Gasteiger partial charge on any atom is -0.481 e. The minimum absolute atomic E-state index is 0.0272. The average Bonchev–Trinajstić information content (AvgIpc) is 2.74. The van der Waals surface area contributed by atoms with E-state index >= 15 is 0 Å². The highest BCUT2D eigenvalue weighted by Gasteiger charge is 2.18. The Morgan fingerprint density at radius 2 is 1.57 bits per heavy atom. The lowest BCUT2D eigenvalue weighted by Crippen LogP contribution is -2.25. The summed E-state index contributed by atoms with van der Waals surface area (Å²) in [5.74, 6) is -0.895. The van der Waals surface area contributed by atoms with Gasteiger partial charge in [-0.3, -0.25) is 14.3 Å². The molecular formula is C22H26N2O5S. The first kappa shape index (κ1) is 21.8. The molecule has 30 heavy (non-hydrogen) atoms. The van der Waals surface area contributed by atoms with Crippen LogP contribution in [0.25, 0.3) is 0 Å². The quantitative estimate of drug-likeness (QED) is 0.591. The van der Waals surface area contributed by atoms with E-state index in [-0.39, 0.29) is 17.9 Å². The van der Waals surface area contributed by atoms with Gasteiger partial charge in [0.05, 0.1) is 11.3 Å². The molecule has 0 heterocycles. The van der Waals surface area contributed by atoms with Gasteiger partial charge in [0, 0.05) is 17.8 Å². The number of benzene rings is 2. The molecule has 3 rings (SSSR count). The molecule has 2 aromatic carbocycles. The van der Waals surface area contributed by atoms with Crippen molar-refractivity contribution in [3.8, 4) is 0 Å². The number of aliphatic carboxylic acids is 1. The van der Waals surface area contributed by atoms with E-state index in [1.807, 2.05) is 12.1 Å². The molecule has 0 aliphatic heterocycles. The van der Waals surface area contributed by atoms with Crippen molar-refractivity contribution in [3.05, 3.63) is 59.7 Å². The van der Waals surface area contributed by atoms with Crippen molar-refractivity contribution in [1.82, 2.24) is 5.32 Å². The molecule has 160 valence electrons. The van der Waals surface area contributed by atoms with Crippen LogP contribution in [0, 0.1) is 0 Å². The van der Waals surface area contributed by atoms with Crippen LogP contribution in [0.1, 0.15) is 60.4 Å². The summed E-state index contributed by atoms with van der Waals surface area (Å²) in [4.78, 5) is 22.7. The highest BCUT2D eigenvalue weighted by atomic mass is 32.2. The monoisotopic (exact) mass is 430 g/mol.